The highest BCUT2D eigenvalue weighted by atomic mass is 16.5. The third-order valence-corrected chi connectivity index (χ3v) is 5.27. The Hall–Kier alpha value is -4.01. The van der Waals surface area contributed by atoms with Crippen molar-refractivity contribution in [3.05, 3.63) is 47.2 Å². The second-order valence-corrected chi connectivity index (χ2v) is 7.05. The Labute approximate surface area is 177 Å². The molecule has 1 aliphatic rings. The molecule has 4 rings (SSSR count). The van der Waals surface area contributed by atoms with Crippen LogP contribution >= 0.6 is 0 Å². The van der Waals surface area contributed by atoms with E-state index in [4.69, 9.17) is 14.2 Å². The van der Waals surface area contributed by atoms with Crippen LogP contribution in [0.2, 0.25) is 0 Å². The minimum Gasteiger partial charge on any atom is -0.493 e. The van der Waals surface area contributed by atoms with Gasteiger partial charge in [0.1, 0.15) is 5.75 Å². The molecule has 31 heavy (non-hydrogen) atoms. The zero-order valence-corrected chi connectivity index (χ0v) is 17.1. The van der Waals surface area contributed by atoms with Gasteiger partial charge >= 0.3 is 5.97 Å². The van der Waals surface area contributed by atoms with Crippen molar-refractivity contribution >= 4 is 34.3 Å². The smallest absolute Gasteiger partial charge is 0.307 e. The molecule has 0 atom stereocenters. The molecule has 1 aliphatic heterocycles. The van der Waals surface area contributed by atoms with Gasteiger partial charge in [-0.25, -0.2) is 0 Å². The maximum Gasteiger partial charge on any atom is 0.307 e. The SMILES string of the molecule is COc1cc2[nH]c(C(=O)c3ccc4c(c3)N(C)C(=O)CO4)c(CC(=O)O)c2cc1OC. The average molecular weight is 424 g/mol. The molecule has 0 unspecified atom stereocenters. The van der Waals surface area contributed by atoms with Gasteiger partial charge in [-0.1, -0.05) is 0 Å². The molecule has 0 fully saturated rings. The number of carboxylic acids is 1. The number of carboxylic acid groups (broad SMARTS) is 1. The molecule has 9 heteroatoms. The Kier molecular flexibility index (Phi) is 5.02. The summed E-state index contributed by atoms with van der Waals surface area (Å²) in [5, 5.41) is 9.98. The molecule has 2 N–H and O–H groups in total. The molecule has 3 aromatic rings. The van der Waals surface area contributed by atoms with E-state index in [9.17, 15) is 19.5 Å². The van der Waals surface area contributed by atoms with E-state index >= 15 is 0 Å². The van der Waals surface area contributed by atoms with Gasteiger partial charge in [0.15, 0.2) is 18.1 Å². The lowest BCUT2D eigenvalue weighted by Crippen LogP contribution is -2.35. The van der Waals surface area contributed by atoms with Crippen LogP contribution in [0, 0.1) is 0 Å². The molecular weight excluding hydrogens is 404 g/mol. The van der Waals surface area contributed by atoms with Gasteiger partial charge in [-0.2, -0.15) is 0 Å². The number of anilines is 1. The van der Waals surface area contributed by atoms with Gasteiger partial charge in [0.25, 0.3) is 5.91 Å². The third-order valence-electron chi connectivity index (χ3n) is 5.27. The number of amides is 1. The van der Waals surface area contributed by atoms with E-state index in [1.54, 1.807) is 37.4 Å². The summed E-state index contributed by atoms with van der Waals surface area (Å²) in [6.07, 6.45) is -0.358. The molecule has 0 spiro atoms. The minimum absolute atomic E-state index is 0.0642. The number of aromatic amines is 1. The number of H-pyrrole nitrogens is 1. The fraction of sp³-hybridized carbons (Fsp3) is 0.227. The molecular formula is C22H20N2O7. The van der Waals surface area contributed by atoms with Crippen molar-refractivity contribution in [2.75, 3.05) is 32.8 Å². The van der Waals surface area contributed by atoms with Gasteiger partial charge in [-0.15, -0.1) is 0 Å². The summed E-state index contributed by atoms with van der Waals surface area (Å²) in [6.45, 7) is -0.0642. The number of fused-ring (bicyclic) bond motifs is 2. The monoisotopic (exact) mass is 424 g/mol. The molecule has 0 bridgehead atoms. The summed E-state index contributed by atoms with van der Waals surface area (Å²) in [5.41, 5.74) is 1.80. The number of rotatable bonds is 6. The van der Waals surface area contributed by atoms with E-state index in [2.05, 4.69) is 4.98 Å². The standard InChI is InChI=1S/C22H20N2O7/c1-24-15-6-11(4-5-16(15)31-10-19(24)25)22(28)21-13(8-20(26)27)12-7-17(29-2)18(30-3)9-14(12)23-21/h4-7,9,23H,8,10H2,1-3H3,(H,26,27). The van der Waals surface area contributed by atoms with E-state index in [1.165, 1.54) is 19.1 Å². The summed E-state index contributed by atoms with van der Waals surface area (Å²) in [6, 6.07) is 8.07. The van der Waals surface area contributed by atoms with Crippen LogP contribution in [-0.2, 0) is 16.0 Å². The molecule has 1 amide bonds. The van der Waals surface area contributed by atoms with E-state index in [0.717, 1.165) is 0 Å². The predicted octanol–water partition coefficient (Wildman–Crippen LogP) is 2.40. The number of ether oxygens (including phenoxy) is 3. The Morgan fingerprint density at radius 3 is 2.55 bits per heavy atom. The molecule has 0 aliphatic carbocycles. The third kappa shape index (κ3) is 3.43. The van der Waals surface area contributed by atoms with Gasteiger partial charge < -0.3 is 29.2 Å². The Morgan fingerprint density at radius 2 is 1.87 bits per heavy atom. The van der Waals surface area contributed by atoms with Crippen molar-refractivity contribution in [1.29, 1.82) is 0 Å². The molecule has 0 saturated carbocycles. The Morgan fingerprint density at radius 1 is 1.16 bits per heavy atom. The maximum absolute atomic E-state index is 13.4. The van der Waals surface area contributed by atoms with E-state index < -0.39 is 11.8 Å². The predicted molar refractivity (Wildman–Crippen MR) is 112 cm³/mol. The molecule has 0 saturated heterocycles. The van der Waals surface area contributed by atoms with Crippen molar-refractivity contribution in [1.82, 2.24) is 4.98 Å². The van der Waals surface area contributed by atoms with Crippen molar-refractivity contribution < 1.29 is 33.7 Å². The van der Waals surface area contributed by atoms with E-state index in [-0.39, 0.29) is 24.6 Å². The number of benzene rings is 2. The van der Waals surface area contributed by atoms with Crippen LogP contribution in [0.15, 0.2) is 30.3 Å². The number of aromatic nitrogens is 1. The number of nitrogens with one attached hydrogen (secondary N) is 1. The summed E-state index contributed by atoms with van der Waals surface area (Å²) in [4.78, 5) is 41.3. The number of aliphatic carboxylic acids is 1. The Bertz CT molecular complexity index is 1230. The molecule has 0 radical (unpaired) electrons. The second kappa shape index (κ2) is 7.67. The zero-order chi connectivity index (χ0) is 22.3. The number of hydrogen-bond donors (Lipinski definition) is 2. The van der Waals surface area contributed by atoms with Crippen molar-refractivity contribution in [3.63, 3.8) is 0 Å². The number of ketones is 1. The van der Waals surface area contributed by atoms with Crippen LogP contribution in [0.3, 0.4) is 0 Å². The molecule has 9 nitrogen and oxygen atoms in total. The normalized spacial score (nSPS) is 13.0. The summed E-state index contributed by atoms with van der Waals surface area (Å²) < 4.78 is 16.0. The largest absolute Gasteiger partial charge is 0.493 e. The Balaban J connectivity index is 1.86. The lowest BCUT2D eigenvalue weighted by molar-refractivity contribution is -0.136. The quantitative estimate of drug-likeness (QED) is 0.583. The first-order valence-electron chi connectivity index (χ1n) is 9.40. The van der Waals surface area contributed by atoms with Crippen LogP contribution in [0.5, 0.6) is 17.2 Å². The van der Waals surface area contributed by atoms with Crippen LogP contribution < -0.4 is 19.1 Å². The van der Waals surface area contributed by atoms with Crippen LogP contribution in [0.1, 0.15) is 21.6 Å². The van der Waals surface area contributed by atoms with Gasteiger partial charge in [0.05, 0.1) is 37.5 Å². The fourth-order valence-corrected chi connectivity index (χ4v) is 3.66. The minimum atomic E-state index is -1.08. The van der Waals surface area contributed by atoms with Crippen molar-refractivity contribution in [2.45, 2.75) is 6.42 Å². The van der Waals surface area contributed by atoms with Crippen LogP contribution in [0.25, 0.3) is 10.9 Å². The summed E-state index contributed by atoms with van der Waals surface area (Å²) >= 11 is 0. The number of carbonyl (C=O) groups excluding carboxylic acids is 2. The maximum atomic E-state index is 13.4. The number of nitrogens with zero attached hydrogens (tertiary/aromatic N) is 1. The van der Waals surface area contributed by atoms with Crippen molar-refractivity contribution in [2.24, 2.45) is 0 Å². The summed E-state index contributed by atoms with van der Waals surface area (Å²) in [5.74, 6) is -0.341. The average Bonchev–Trinajstić information content (AvgIpc) is 3.11. The zero-order valence-electron chi connectivity index (χ0n) is 17.1. The lowest BCUT2D eigenvalue weighted by Gasteiger charge is -2.26. The van der Waals surface area contributed by atoms with Crippen molar-refractivity contribution in [3.8, 4) is 17.2 Å². The number of hydrogen-bond acceptors (Lipinski definition) is 6. The van der Waals surface area contributed by atoms with Crippen LogP contribution in [0.4, 0.5) is 5.69 Å². The number of carbonyl (C=O) groups is 3. The highest BCUT2D eigenvalue weighted by Gasteiger charge is 2.26. The van der Waals surface area contributed by atoms with Gasteiger partial charge in [-0.05, 0) is 24.3 Å². The molecule has 1 aromatic heterocycles. The number of likely N-dealkylation sites (N-methyl/N-ethyl adjacent to an activating group) is 1. The molecule has 2 aromatic carbocycles. The first-order valence-corrected chi connectivity index (χ1v) is 9.40. The van der Waals surface area contributed by atoms with Gasteiger partial charge in [-0.3, -0.25) is 14.4 Å². The van der Waals surface area contributed by atoms with E-state index in [1.807, 2.05) is 0 Å². The second-order valence-electron chi connectivity index (χ2n) is 7.05. The molecule has 2 heterocycles. The molecule has 160 valence electrons. The highest BCUT2D eigenvalue weighted by molar-refractivity contribution is 6.13. The van der Waals surface area contributed by atoms with Crippen LogP contribution in [-0.4, -0.2) is 55.6 Å². The summed E-state index contributed by atoms with van der Waals surface area (Å²) in [7, 11) is 4.57. The van der Waals surface area contributed by atoms with Gasteiger partial charge in [0, 0.05) is 29.6 Å². The van der Waals surface area contributed by atoms with E-state index in [0.29, 0.717) is 45.0 Å². The number of methoxy groups -OCH3 is 2. The first-order chi connectivity index (χ1) is 14.8. The topological polar surface area (TPSA) is 118 Å². The highest BCUT2D eigenvalue weighted by Crippen LogP contribution is 2.37. The first kappa shape index (κ1) is 20.3. The van der Waals surface area contributed by atoms with Gasteiger partial charge in [0.2, 0.25) is 5.78 Å². The fourth-order valence-electron chi connectivity index (χ4n) is 3.66. The lowest BCUT2D eigenvalue weighted by atomic mass is 10.00.